The number of aromatic hydroxyl groups is 1. The average molecular weight is 539 g/mol. The number of nitrogens with zero attached hydrogens (tertiary/aromatic N) is 2. The molecule has 0 atom stereocenters. The molecule has 38 heavy (non-hydrogen) atoms. The van der Waals surface area contributed by atoms with Crippen molar-refractivity contribution < 1.29 is 32.3 Å². The normalized spacial score (nSPS) is 14.6. The van der Waals surface area contributed by atoms with E-state index in [2.05, 4.69) is 9.73 Å². The lowest BCUT2D eigenvalue weighted by atomic mass is 10.1. The van der Waals surface area contributed by atoms with Crippen LogP contribution in [0.25, 0.3) is 17.0 Å². The second-order valence-electron chi connectivity index (χ2n) is 8.16. The van der Waals surface area contributed by atoms with Crippen LogP contribution in [0.1, 0.15) is 23.8 Å². The summed E-state index contributed by atoms with van der Waals surface area (Å²) in [5, 5.41) is 11.2. The van der Waals surface area contributed by atoms with E-state index in [0.29, 0.717) is 39.5 Å². The zero-order valence-corrected chi connectivity index (χ0v) is 20.7. The molecule has 0 radical (unpaired) electrons. The Morgan fingerprint density at radius 2 is 1.92 bits per heavy atom. The standard InChI is InChI=1S/C27H20F2N2O6S/c1-2-15-10-20-16(11-24(33)37-23(20)13-22(15)32)14-38-27-30-21(12-19-4-3-9-35-19)25(34)31(27)17-5-7-18(8-6-17)36-26(28)29/h3-13,26,32H,2,14H2,1H3/b21-12-. The van der Waals surface area contributed by atoms with Crippen molar-refractivity contribution in [3.05, 3.63) is 93.9 Å². The van der Waals surface area contributed by atoms with Gasteiger partial charge in [-0.05, 0) is 60.0 Å². The number of aliphatic imine (C=N–C) groups is 1. The number of thioether (sulfide) groups is 1. The van der Waals surface area contributed by atoms with E-state index in [4.69, 9.17) is 8.83 Å². The molecule has 0 aliphatic carbocycles. The van der Waals surface area contributed by atoms with Crippen LogP contribution in [0.4, 0.5) is 14.5 Å². The van der Waals surface area contributed by atoms with Gasteiger partial charge in [0.05, 0.1) is 12.0 Å². The van der Waals surface area contributed by atoms with E-state index in [1.165, 1.54) is 65.4 Å². The first-order valence-corrected chi connectivity index (χ1v) is 12.5. The Morgan fingerprint density at radius 3 is 2.61 bits per heavy atom. The van der Waals surface area contributed by atoms with Crippen molar-refractivity contribution in [2.45, 2.75) is 25.7 Å². The molecule has 3 heterocycles. The van der Waals surface area contributed by atoms with E-state index in [9.17, 15) is 23.5 Å². The predicted octanol–water partition coefficient (Wildman–Crippen LogP) is 5.93. The molecule has 0 fully saturated rings. The molecule has 1 amide bonds. The molecule has 11 heteroatoms. The Morgan fingerprint density at radius 1 is 1.13 bits per heavy atom. The Bertz CT molecular complexity index is 1610. The maximum Gasteiger partial charge on any atom is 0.387 e. The van der Waals surface area contributed by atoms with E-state index >= 15 is 0 Å². The van der Waals surface area contributed by atoms with Gasteiger partial charge in [-0.3, -0.25) is 9.69 Å². The average Bonchev–Trinajstić information content (AvgIpc) is 3.50. The largest absolute Gasteiger partial charge is 0.508 e. The van der Waals surface area contributed by atoms with Crippen molar-refractivity contribution in [3.63, 3.8) is 0 Å². The highest BCUT2D eigenvalue weighted by Gasteiger charge is 2.32. The van der Waals surface area contributed by atoms with Gasteiger partial charge in [-0.2, -0.15) is 8.78 Å². The van der Waals surface area contributed by atoms with Crippen molar-refractivity contribution in [2.24, 2.45) is 4.99 Å². The number of benzene rings is 2. The van der Waals surface area contributed by atoms with Crippen molar-refractivity contribution in [1.82, 2.24) is 0 Å². The van der Waals surface area contributed by atoms with Crippen molar-refractivity contribution in [1.29, 1.82) is 0 Å². The Hall–Kier alpha value is -4.38. The fraction of sp³-hybridized carbons (Fsp3) is 0.148. The molecule has 1 aliphatic heterocycles. The molecule has 5 rings (SSSR count). The number of carbonyl (C=O) groups is 1. The zero-order valence-electron chi connectivity index (χ0n) is 19.9. The lowest BCUT2D eigenvalue weighted by Gasteiger charge is -2.18. The maximum absolute atomic E-state index is 13.3. The number of amidine groups is 1. The van der Waals surface area contributed by atoms with Crippen LogP contribution in [0, 0.1) is 0 Å². The van der Waals surface area contributed by atoms with E-state index in [0.717, 1.165) is 0 Å². The summed E-state index contributed by atoms with van der Waals surface area (Å²) < 4.78 is 40.2. The third-order valence-corrected chi connectivity index (χ3v) is 6.73. The summed E-state index contributed by atoms with van der Waals surface area (Å²) in [6.45, 7) is -1.08. The van der Waals surface area contributed by atoms with Crippen LogP contribution < -0.4 is 15.3 Å². The second kappa shape index (κ2) is 10.5. The van der Waals surface area contributed by atoms with Crippen LogP contribution in [-0.2, 0) is 17.0 Å². The van der Waals surface area contributed by atoms with Crippen molar-refractivity contribution in [3.8, 4) is 11.5 Å². The number of hydrogen-bond acceptors (Lipinski definition) is 8. The number of hydrogen-bond donors (Lipinski definition) is 1. The summed E-state index contributed by atoms with van der Waals surface area (Å²) in [5.74, 6) is 0.228. The molecule has 0 bridgehead atoms. The number of phenolic OH excluding ortho intramolecular Hbond substituents is 1. The zero-order chi connectivity index (χ0) is 26.8. The molecule has 8 nitrogen and oxygen atoms in total. The number of anilines is 1. The van der Waals surface area contributed by atoms with Gasteiger partial charge < -0.3 is 18.7 Å². The lowest BCUT2D eigenvalue weighted by Crippen LogP contribution is -2.30. The highest BCUT2D eigenvalue weighted by molar-refractivity contribution is 8.13. The number of aryl methyl sites for hydroxylation is 1. The fourth-order valence-corrected chi connectivity index (χ4v) is 4.96. The minimum atomic E-state index is -2.97. The van der Waals surface area contributed by atoms with Crippen LogP contribution in [-0.4, -0.2) is 22.8 Å². The summed E-state index contributed by atoms with van der Waals surface area (Å²) >= 11 is 1.21. The molecule has 194 valence electrons. The van der Waals surface area contributed by atoms with Gasteiger partial charge in [-0.1, -0.05) is 18.7 Å². The van der Waals surface area contributed by atoms with E-state index in [1.54, 1.807) is 18.2 Å². The summed E-state index contributed by atoms with van der Waals surface area (Å²) in [6.07, 6.45) is 3.55. The smallest absolute Gasteiger partial charge is 0.387 e. The van der Waals surface area contributed by atoms with Gasteiger partial charge in [0.2, 0.25) is 0 Å². The number of halogens is 2. The van der Waals surface area contributed by atoms with Crippen molar-refractivity contribution in [2.75, 3.05) is 4.90 Å². The predicted molar refractivity (Wildman–Crippen MR) is 140 cm³/mol. The van der Waals surface area contributed by atoms with Gasteiger partial charge in [-0.25, -0.2) is 9.79 Å². The number of carbonyl (C=O) groups excluding carboxylic acids is 1. The van der Waals surface area contributed by atoms with Crippen LogP contribution >= 0.6 is 11.8 Å². The van der Waals surface area contributed by atoms with Gasteiger partial charge in [0.15, 0.2) is 5.17 Å². The molecule has 0 unspecified atom stereocenters. The van der Waals surface area contributed by atoms with E-state index in [1.807, 2.05) is 6.92 Å². The maximum atomic E-state index is 13.3. The molecule has 1 N–H and O–H groups in total. The number of fused-ring (bicyclic) bond motifs is 1. The van der Waals surface area contributed by atoms with Gasteiger partial charge in [0.25, 0.3) is 5.91 Å². The van der Waals surface area contributed by atoms with Gasteiger partial charge in [-0.15, -0.1) is 0 Å². The minimum Gasteiger partial charge on any atom is -0.508 e. The number of rotatable bonds is 7. The third kappa shape index (κ3) is 5.18. The number of amides is 1. The van der Waals surface area contributed by atoms with Crippen LogP contribution in [0.3, 0.4) is 0 Å². The molecular weight excluding hydrogens is 518 g/mol. The minimum absolute atomic E-state index is 0.0388. The summed E-state index contributed by atoms with van der Waals surface area (Å²) in [5.41, 5.74) is 1.51. The number of ether oxygens (including phenoxy) is 1. The number of furan rings is 1. The Balaban J connectivity index is 1.50. The topological polar surface area (TPSA) is 105 Å². The highest BCUT2D eigenvalue weighted by Crippen LogP contribution is 2.34. The molecule has 0 saturated carbocycles. The van der Waals surface area contributed by atoms with Gasteiger partial charge in [0, 0.05) is 29.3 Å². The first kappa shape index (κ1) is 25.3. The number of phenols is 1. The third-order valence-electron chi connectivity index (χ3n) is 5.74. The van der Waals surface area contributed by atoms with E-state index in [-0.39, 0.29) is 28.5 Å². The Labute approximate surface area is 218 Å². The summed E-state index contributed by atoms with van der Waals surface area (Å²) in [6, 6.07) is 13.5. The summed E-state index contributed by atoms with van der Waals surface area (Å²) in [4.78, 5) is 31.4. The molecule has 2 aromatic carbocycles. The number of alkyl halides is 2. The molecule has 0 saturated heterocycles. The van der Waals surface area contributed by atoms with Gasteiger partial charge in [0.1, 0.15) is 28.5 Å². The van der Waals surface area contributed by atoms with Crippen LogP contribution in [0.2, 0.25) is 0 Å². The summed E-state index contributed by atoms with van der Waals surface area (Å²) in [7, 11) is 0. The SMILES string of the molecule is CCc1cc2c(CSC3=N/C(=C\c4ccco4)C(=O)N3c3ccc(OC(F)F)cc3)cc(=O)oc2cc1O. The second-order valence-corrected chi connectivity index (χ2v) is 9.10. The fourth-order valence-electron chi connectivity index (χ4n) is 3.96. The van der Waals surface area contributed by atoms with Gasteiger partial charge >= 0.3 is 12.2 Å². The molecule has 1 aliphatic rings. The van der Waals surface area contributed by atoms with E-state index < -0.39 is 18.1 Å². The monoisotopic (exact) mass is 538 g/mol. The lowest BCUT2D eigenvalue weighted by molar-refractivity contribution is -0.113. The molecular formula is C27H20F2N2O6S. The van der Waals surface area contributed by atoms with Crippen LogP contribution in [0.5, 0.6) is 11.5 Å². The highest BCUT2D eigenvalue weighted by atomic mass is 32.2. The molecule has 2 aromatic heterocycles. The first-order chi connectivity index (χ1) is 18.3. The molecule has 4 aromatic rings. The molecule has 0 spiro atoms. The van der Waals surface area contributed by atoms with Crippen LogP contribution in [0.15, 0.2) is 85.2 Å². The quantitative estimate of drug-likeness (QED) is 0.230. The first-order valence-electron chi connectivity index (χ1n) is 11.5. The van der Waals surface area contributed by atoms with Crippen molar-refractivity contribution >= 4 is 45.6 Å². The Kier molecular flexibility index (Phi) is 7.01.